The van der Waals surface area contributed by atoms with Gasteiger partial charge in [-0.1, -0.05) is 24.3 Å². The molecule has 0 spiro atoms. The highest BCUT2D eigenvalue weighted by Crippen LogP contribution is 2.22. The summed E-state index contributed by atoms with van der Waals surface area (Å²) >= 11 is 0. The van der Waals surface area contributed by atoms with Crippen LogP contribution in [0.5, 0.6) is 0 Å². The second-order valence-corrected chi connectivity index (χ2v) is 4.48. The van der Waals surface area contributed by atoms with Gasteiger partial charge in [0, 0.05) is 20.0 Å². The third kappa shape index (κ3) is 2.20. The van der Waals surface area contributed by atoms with Gasteiger partial charge in [0.25, 0.3) is 0 Å². The van der Waals surface area contributed by atoms with Crippen LogP contribution in [0.3, 0.4) is 0 Å². The number of likely N-dealkylation sites (tertiary alicyclic amines) is 1. The van der Waals surface area contributed by atoms with Crippen molar-refractivity contribution in [1.82, 2.24) is 4.90 Å². The number of nitrogens with zero attached hydrogens (tertiary/aromatic N) is 1. The lowest BCUT2D eigenvalue weighted by molar-refractivity contribution is -0.126. The molecule has 2 nitrogen and oxygen atoms in total. The quantitative estimate of drug-likeness (QED) is 0.720. The van der Waals surface area contributed by atoms with Crippen LogP contribution in [-0.4, -0.2) is 24.4 Å². The van der Waals surface area contributed by atoms with Crippen LogP contribution in [0.4, 0.5) is 0 Å². The van der Waals surface area contributed by atoms with Crippen LogP contribution in [0, 0.1) is 12.8 Å². The van der Waals surface area contributed by atoms with Crippen LogP contribution < -0.4 is 0 Å². The first-order chi connectivity index (χ1) is 7.16. The molecule has 80 valence electrons. The monoisotopic (exact) mass is 203 g/mol. The standard InChI is InChI=1S/C13H17NO/c1-10-5-3-4-6-12(10)7-11-8-13(15)14(2)9-11/h3-6,11H,7-9H2,1-2H3. The summed E-state index contributed by atoms with van der Waals surface area (Å²) in [6.07, 6.45) is 1.74. The fourth-order valence-electron chi connectivity index (χ4n) is 2.24. The van der Waals surface area contributed by atoms with Crippen molar-refractivity contribution < 1.29 is 4.79 Å². The molecule has 1 aromatic rings. The number of hydrogen-bond acceptors (Lipinski definition) is 1. The van der Waals surface area contributed by atoms with E-state index in [2.05, 4.69) is 31.2 Å². The summed E-state index contributed by atoms with van der Waals surface area (Å²) in [7, 11) is 1.89. The zero-order valence-electron chi connectivity index (χ0n) is 9.36. The molecule has 1 aliphatic heterocycles. The number of carbonyl (C=O) groups excluding carboxylic acids is 1. The summed E-state index contributed by atoms with van der Waals surface area (Å²) in [6.45, 7) is 3.04. The maximum absolute atomic E-state index is 11.4. The van der Waals surface area contributed by atoms with Gasteiger partial charge in [0.2, 0.25) is 5.91 Å². The van der Waals surface area contributed by atoms with Gasteiger partial charge in [-0.3, -0.25) is 4.79 Å². The first kappa shape index (κ1) is 10.2. The molecule has 0 saturated carbocycles. The fraction of sp³-hybridized carbons (Fsp3) is 0.462. The van der Waals surface area contributed by atoms with E-state index in [1.54, 1.807) is 0 Å². The first-order valence-electron chi connectivity index (χ1n) is 5.45. The summed E-state index contributed by atoms with van der Waals surface area (Å²) in [6, 6.07) is 8.43. The summed E-state index contributed by atoms with van der Waals surface area (Å²) in [5, 5.41) is 0. The van der Waals surface area contributed by atoms with Crippen molar-refractivity contribution in [2.24, 2.45) is 5.92 Å². The van der Waals surface area contributed by atoms with E-state index in [0.717, 1.165) is 13.0 Å². The minimum absolute atomic E-state index is 0.286. The molecule has 1 amide bonds. The highest BCUT2D eigenvalue weighted by Gasteiger charge is 2.26. The predicted molar refractivity (Wildman–Crippen MR) is 60.6 cm³/mol. The third-order valence-electron chi connectivity index (χ3n) is 3.19. The lowest BCUT2D eigenvalue weighted by Crippen LogP contribution is -2.19. The SMILES string of the molecule is Cc1ccccc1CC1CC(=O)N(C)C1. The molecule has 1 atom stereocenters. The summed E-state index contributed by atoms with van der Waals surface area (Å²) < 4.78 is 0. The van der Waals surface area contributed by atoms with Gasteiger partial charge in [-0.25, -0.2) is 0 Å². The number of carbonyl (C=O) groups is 1. The van der Waals surface area contributed by atoms with E-state index in [1.165, 1.54) is 11.1 Å². The van der Waals surface area contributed by atoms with Gasteiger partial charge in [-0.05, 0) is 30.4 Å². The van der Waals surface area contributed by atoms with Gasteiger partial charge in [-0.2, -0.15) is 0 Å². The lowest BCUT2D eigenvalue weighted by atomic mass is 9.95. The fourth-order valence-corrected chi connectivity index (χ4v) is 2.24. The number of amides is 1. The Morgan fingerprint density at radius 2 is 2.13 bits per heavy atom. The summed E-state index contributed by atoms with van der Waals surface area (Å²) in [4.78, 5) is 13.2. The Balaban J connectivity index is 2.05. The molecule has 1 aliphatic rings. The van der Waals surface area contributed by atoms with E-state index in [9.17, 15) is 4.79 Å². The average molecular weight is 203 g/mol. The molecule has 1 unspecified atom stereocenters. The van der Waals surface area contributed by atoms with Gasteiger partial charge in [-0.15, -0.1) is 0 Å². The van der Waals surface area contributed by atoms with Crippen molar-refractivity contribution in [3.05, 3.63) is 35.4 Å². The Bertz CT molecular complexity index is 373. The van der Waals surface area contributed by atoms with Gasteiger partial charge >= 0.3 is 0 Å². The zero-order valence-corrected chi connectivity index (χ0v) is 9.36. The molecule has 1 fully saturated rings. The molecule has 1 heterocycles. The van der Waals surface area contributed by atoms with E-state index in [0.29, 0.717) is 12.3 Å². The molecule has 0 aromatic heterocycles. The average Bonchev–Trinajstić information content (AvgIpc) is 2.50. The Kier molecular flexibility index (Phi) is 2.76. The minimum Gasteiger partial charge on any atom is -0.345 e. The Morgan fingerprint density at radius 3 is 2.73 bits per heavy atom. The van der Waals surface area contributed by atoms with Gasteiger partial charge in [0.05, 0.1) is 0 Å². The predicted octanol–water partition coefficient (Wildman–Crippen LogP) is 2.02. The molecule has 1 saturated heterocycles. The number of aryl methyl sites for hydroxylation is 1. The highest BCUT2D eigenvalue weighted by atomic mass is 16.2. The smallest absolute Gasteiger partial charge is 0.222 e. The molecule has 15 heavy (non-hydrogen) atoms. The first-order valence-corrected chi connectivity index (χ1v) is 5.45. The van der Waals surface area contributed by atoms with E-state index in [4.69, 9.17) is 0 Å². The highest BCUT2D eigenvalue weighted by molar-refractivity contribution is 5.78. The van der Waals surface area contributed by atoms with Crippen molar-refractivity contribution in [3.8, 4) is 0 Å². The van der Waals surface area contributed by atoms with Crippen molar-refractivity contribution in [2.45, 2.75) is 19.8 Å². The normalized spacial score (nSPS) is 21.1. The second kappa shape index (κ2) is 4.05. The van der Waals surface area contributed by atoms with Crippen LogP contribution >= 0.6 is 0 Å². The van der Waals surface area contributed by atoms with Crippen LogP contribution in [0.1, 0.15) is 17.5 Å². The molecular formula is C13H17NO. The summed E-state index contributed by atoms with van der Waals surface area (Å²) in [5.41, 5.74) is 2.71. The molecule has 2 rings (SSSR count). The molecule has 0 radical (unpaired) electrons. The lowest BCUT2D eigenvalue weighted by Gasteiger charge is -2.11. The molecule has 0 bridgehead atoms. The van der Waals surface area contributed by atoms with E-state index in [-0.39, 0.29) is 5.91 Å². The molecular weight excluding hydrogens is 186 g/mol. The van der Waals surface area contributed by atoms with Crippen molar-refractivity contribution in [1.29, 1.82) is 0 Å². The van der Waals surface area contributed by atoms with E-state index >= 15 is 0 Å². The van der Waals surface area contributed by atoms with Crippen LogP contribution in [0.2, 0.25) is 0 Å². The minimum atomic E-state index is 0.286. The van der Waals surface area contributed by atoms with Crippen molar-refractivity contribution in [2.75, 3.05) is 13.6 Å². The molecule has 0 N–H and O–H groups in total. The number of benzene rings is 1. The Hall–Kier alpha value is -1.31. The van der Waals surface area contributed by atoms with E-state index in [1.807, 2.05) is 11.9 Å². The number of rotatable bonds is 2. The summed E-state index contributed by atoms with van der Waals surface area (Å²) in [5.74, 6) is 0.789. The third-order valence-corrected chi connectivity index (χ3v) is 3.19. The van der Waals surface area contributed by atoms with Gasteiger partial charge < -0.3 is 4.90 Å². The van der Waals surface area contributed by atoms with Crippen molar-refractivity contribution in [3.63, 3.8) is 0 Å². The largest absolute Gasteiger partial charge is 0.345 e. The topological polar surface area (TPSA) is 20.3 Å². The zero-order chi connectivity index (χ0) is 10.8. The maximum atomic E-state index is 11.4. The molecule has 0 aliphatic carbocycles. The molecule has 2 heteroatoms. The number of hydrogen-bond donors (Lipinski definition) is 0. The van der Waals surface area contributed by atoms with Crippen LogP contribution in [0.15, 0.2) is 24.3 Å². The van der Waals surface area contributed by atoms with Crippen molar-refractivity contribution >= 4 is 5.91 Å². The van der Waals surface area contributed by atoms with Crippen LogP contribution in [-0.2, 0) is 11.2 Å². The second-order valence-electron chi connectivity index (χ2n) is 4.48. The van der Waals surface area contributed by atoms with Crippen LogP contribution in [0.25, 0.3) is 0 Å². The van der Waals surface area contributed by atoms with E-state index < -0.39 is 0 Å². The van der Waals surface area contributed by atoms with Gasteiger partial charge in [0.15, 0.2) is 0 Å². The maximum Gasteiger partial charge on any atom is 0.222 e. The molecule has 1 aromatic carbocycles. The van der Waals surface area contributed by atoms with Gasteiger partial charge in [0.1, 0.15) is 0 Å². The Labute approximate surface area is 90.9 Å². The Morgan fingerprint density at radius 1 is 1.40 bits per heavy atom.